The highest BCUT2D eigenvalue weighted by atomic mass is 16.3. The van der Waals surface area contributed by atoms with Crippen molar-refractivity contribution in [1.82, 2.24) is 19.8 Å². The fourth-order valence-corrected chi connectivity index (χ4v) is 4.00. The molecule has 3 heterocycles. The van der Waals surface area contributed by atoms with Gasteiger partial charge in [-0.05, 0) is 23.6 Å². The fraction of sp³-hybridized carbons (Fsp3) is 0.273. The number of furan rings is 1. The molecule has 6 nitrogen and oxygen atoms in total. The van der Waals surface area contributed by atoms with Crippen LogP contribution in [-0.2, 0) is 6.42 Å². The van der Waals surface area contributed by atoms with Crippen LogP contribution in [0.15, 0.2) is 53.1 Å². The maximum absolute atomic E-state index is 12.7. The van der Waals surface area contributed by atoms with Crippen molar-refractivity contribution in [2.45, 2.75) is 38.5 Å². The number of Topliss-reactive ketones (excluding diaryl/α,β-unsaturated/α-hetero) is 1. The van der Waals surface area contributed by atoms with Crippen molar-refractivity contribution < 1.29 is 9.21 Å². The zero-order valence-corrected chi connectivity index (χ0v) is 15.8. The summed E-state index contributed by atoms with van der Waals surface area (Å²) in [6, 6.07) is 13.9. The first-order valence-electron chi connectivity index (χ1n) is 9.53. The molecule has 0 aliphatic heterocycles. The summed E-state index contributed by atoms with van der Waals surface area (Å²) in [5, 5.41) is 13.6. The second kappa shape index (κ2) is 6.41. The van der Waals surface area contributed by atoms with Crippen molar-refractivity contribution in [2.75, 3.05) is 0 Å². The van der Waals surface area contributed by atoms with Gasteiger partial charge in [0.15, 0.2) is 17.1 Å². The Balaban J connectivity index is 1.74. The second-order valence-electron chi connectivity index (χ2n) is 7.56. The summed E-state index contributed by atoms with van der Waals surface area (Å²) in [6.45, 7) is 4.23. The maximum Gasteiger partial charge on any atom is 0.185 e. The van der Waals surface area contributed by atoms with Gasteiger partial charge in [-0.3, -0.25) is 4.79 Å². The number of nitrogens with zero attached hydrogens (tertiary/aromatic N) is 4. The third-order valence-corrected chi connectivity index (χ3v) is 5.35. The average Bonchev–Trinajstić information content (AvgIpc) is 3.36. The summed E-state index contributed by atoms with van der Waals surface area (Å²) >= 11 is 0. The standard InChI is InChI=1S/C22H20N4O2/c1-13(2)20-19(14-7-4-3-5-8-14)22-24-23-21-16(26(22)25-20)11-15(12-17(21)27)18-9-6-10-28-18/h3-10,13,15H,11-12H2,1-2H3/t15-/m0/s1. The summed E-state index contributed by atoms with van der Waals surface area (Å²) in [7, 11) is 0. The Bertz CT molecular complexity index is 1160. The van der Waals surface area contributed by atoms with E-state index in [-0.39, 0.29) is 17.6 Å². The Morgan fingerprint density at radius 2 is 1.89 bits per heavy atom. The van der Waals surface area contributed by atoms with Crippen LogP contribution in [0.4, 0.5) is 0 Å². The molecule has 1 aromatic carbocycles. The van der Waals surface area contributed by atoms with Gasteiger partial charge in [0.25, 0.3) is 0 Å². The van der Waals surface area contributed by atoms with Crippen LogP contribution in [0.5, 0.6) is 0 Å². The number of carbonyl (C=O) groups is 1. The van der Waals surface area contributed by atoms with Gasteiger partial charge in [0.05, 0.1) is 23.2 Å². The number of aromatic nitrogens is 4. The van der Waals surface area contributed by atoms with Gasteiger partial charge in [-0.25, -0.2) is 4.52 Å². The number of benzene rings is 1. The lowest BCUT2D eigenvalue weighted by Gasteiger charge is -2.21. The molecule has 140 valence electrons. The topological polar surface area (TPSA) is 73.3 Å². The Morgan fingerprint density at radius 1 is 1.07 bits per heavy atom. The van der Waals surface area contributed by atoms with Crippen LogP contribution in [0.2, 0.25) is 0 Å². The Kier molecular flexibility index (Phi) is 3.86. The molecule has 4 aromatic rings. The Morgan fingerprint density at radius 3 is 2.61 bits per heavy atom. The van der Waals surface area contributed by atoms with Crippen molar-refractivity contribution in [3.8, 4) is 11.1 Å². The number of rotatable bonds is 3. The third-order valence-electron chi connectivity index (χ3n) is 5.35. The van der Waals surface area contributed by atoms with Crippen LogP contribution in [0.1, 0.15) is 59.7 Å². The Labute approximate surface area is 162 Å². The molecule has 0 bridgehead atoms. The lowest BCUT2D eigenvalue weighted by molar-refractivity contribution is 0.0951. The van der Waals surface area contributed by atoms with Crippen molar-refractivity contribution in [3.63, 3.8) is 0 Å². The van der Waals surface area contributed by atoms with E-state index >= 15 is 0 Å². The van der Waals surface area contributed by atoms with Crippen LogP contribution >= 0.6 is 0 Å². The van der Waals surface area contributed by atoms with Gasteiger partial charge in [0, 0.05) is 18.8 Å². The van der Waals surface area contributed by atoms with Gasteiger partial charge < -0.3 is 4.42 Å². The summed E-state index contributed by atoms with van der Waals surface area (Å²) in [5.41, 5.74) is 4.93. The molecule has 28 heavy (non-hydrogen) atoms. The molecule has 0 unspecified atom stereocenters. The first-order valence-corrected chi connectivity index (χ1v) is 9.53. The number of hydrogen-bond donors (Lipinski definition) is 0. The minimum absolute atomic E-state index is 0.00530. The monoisotopic (exact) mass is 372 g/mol. The lowest BCUT2D eigenvalue weighted by Crippen LogP contribution is -2.24. The third kappa shape index (κ3) is 2.56. The molecular weight excluding hydrogens is 352 g/mol. The first-order chi connectivity index (χ1) is 13.6. The number of fused-ring (bicyclic) bond motifs is 3. The van der Waals surface area contributed by atoms with Gasteiger partial charge in [-0.2, -0.15) is 5.10 Å². The summed E-state index contributed by atoms with van der Waals surface area (Å²) in [4.78, 5) is 12.7. The molecule has 6 heteroatoms. The summed E-state index contributed by atoms with van der Waals surface area (Å²) < 4.78 is 7.39. The van der Waals surface area contributed by atoms with E-state index in [4.69, 9.17) is 9.52 Å². The highest BCUT2D eigenvalue weighted by molar-refractivity contribution is 5.97. The molecule has 1 aliphatic carbocycles. The molecule has 0 saturated carbocycles. The van der Waals surface area contributed by atoms with Crippen molar-refractivity contribution in [2.24, 2.45) is 0 Å². The molecule has 0 fully saturated rings. The van der Waals surface area contributed by atoms with E-state index in [1.54, 1.807) is 6.26 Å². The number of ketones is 1. The zero-order chi connectivity index (χ0) is 19.3. The number of hydrogen-bond acceptors (Lipinski definition) is 5. The van der Waals surface area contributed by atoms with Crippen molar-refractivity contribution in [3.05, 3.63) is 71.6 Å². The average molecular weight is 372 g/mol. The fourth-order valence-electron chi connectivity index (χ4n) is 4.00. The molecule has 5 rings (SSSR count). The van der Waals surface area contributed by atoms with Gasteiger partial charge in [-0.1, -0.05) is 44.2 Å². The zero-order valence-electron chi connectivity index (χ0n) is 15.8. The van der Waals surface area contributed by atoms with Crippen LogP contribution in [0.25, 0.3) is 16.8 Å². The van der Waals surface area contributed by atoms with E-state index in [2.05, 4.69) is 36.2 Å². The predicted octanol–water partition coefficient (Wildman–Crippen LogP) is 4.42. The van der Waals surface area contributed by atoms with Crippen LogP contribution in [-0.4, -0.2) is 25.6 Å². The van der Waals surface area contributed by atoms with Gasteiger partial charge in [0.2, 0.25) is 0 Å². The van der Waals surface area contributed by atoms with E-state index in [1.165, 1.54) is 0 Å². The first kappa shape index (κ1) is 16.9. The summed E-state index contributed by atoms with van der Waals surface area (Å²) in [6.07, 6.45) is 2.67. The smallest absolute Gasteiger partial charge is 0.185 e. The number of carbonyl (C=O) groups excluding carboxylic acids is 1. The van der Waals surface area contributed by atoms with Crippen LogP contribution in [0.3, 0.4) is 0 Å². The van der Waals surface area contributed by atoms with Gasteiger partial charge >= 0.3 is 0 Å². The van der Waals surface area contributed by atoms with E-state index in [9.17, 15) is 4.79 Å². The molecule has 0 radical (unpaired) electrons. The molecule has 1 atom stereocenters. The highest BCUT2D eigenvalue weighted by Crippen LogP contribution is 2.36. The Hall–Kier alpha value is -3.28. The molecule has 0 saturated heterocycles. The molecule has 3 aromatic heterocycles. The van der Waals surface area contributed by atoms with Crippen molar-refractivity contribution in [1.29, 1.82) is 0 Å². The predicted molar refractivity (Wildman–Crippen MR) is 104 cm³/mol. The molecule has 1 aliphatic rings. The summed E-state index contributed by atoms with van der Waals surface area (Å²) in [5.74, 6) is 1.02. The van der Waals surface area contributed by atoms with Crippen LogP contribution < -0.4 is 0 Å². The normalized spacial score (nSPS) is 16.7. The molecule has 0 amide bonds. The molecule has 0 N–H and O–H groups in total. The van der Waals surface area contributed by atoms with E-state index in [1.807, 2.05) is 34.8 Å². The van der Waals surface area contributed by atoms with Gasteiger partial charge in [0.1, 0.15) is 5.76 Å². The van der Waals surface area contributed by atoms with E-state index in [0.29, 0.717) is 24.2 Å². The van der Waals surface area contributed by atoms with Crippen molar-refractivity contribution >= 4 is 11.4 Å². The molecule has 0 spiro atoms. The second-order valence-corrected chi connectivity index (χ2v) is 7.56. The van der Waals surface area contributed by atoms with Gasteiger partial charge in [-0.15, -0.1) is 10.2 Å². The lowest BCUT2D eigenvalue weighted by atomic mass is 9.87. The van der Waals surface area contributed by atoms with E-state index in [0.717, 1.165) is 28.3 Å². The minimum Gasteiger partial charge on any atom is -0.469 e. The largest absolute Gasteiger partial charge is 0.469 e. The van der Waals surface area contributed by atoms with Crippen LogP contribution in [0, 0.1) is 0 Å². The highest BCUT2D eigenvalue weighted by Gasteiger charge is 2.33. The maximum atomic E-state index is 12.7. The SMILES string of the molecule is CC(C)c1nn2c3c(nnc2c1-c1ccccc1)C(=O)C[C@@H](c1ccco1)C3. The quantitative estimate of drug-likeness (QED) is 0.532. The van der Waals surface area contributed by atoms with E-state index < -0.39 is 0 Å². The molecular formula is C22H20N4O2. The minimum atomic E-state index is -0.0140.